The van der Waals surface area contributed by atoms with Crippen molar-refractivity contribution in [3.63, 3.8) is 0 Å². The molecule has 0 radical (unpaired) electrons. The maximum atomic E-state index is 12.5. The van der Waals surface area contributed by atoms with Crippen LogP contribution < -0.4 is 5.32 Å². The van der Waals surface area contributed by atoms with Crippen LogP contribution in [0.15, 0.2) is 48.5 Å². The van der Waals surface area contributed by atoms with Crippen molar-refractivity contribution in [2.24, 2.45) is 5.92 Å². The van der Waals surface area contributed by atoms with E-state index in [9.17, 15) is 9.59 Å². The number of nitrogens with one attached hydrogen (secondary N) is 1. The van der Waals surface area contributed by atoms with E-state index in [-0.39, 0.29) is 17.0 Å². The predicted octanol–water partition coefficient (Wildman–Crippen LogP) is 5.24. The summed E-state index contributed by atoms with van der Waals surface area (Å²) in [6, 6.07) is 12.8. The molecule has 164 valence electrons. The van der Waals surface area contributed by atoms with Crippen LogP contribution in [0.2, 0.25) is 10.3 Å². The quantitative estimate of drug-likeness (QED) is 0.333. The second kappa shape index (κ2) is 11.9. The fourth-order valence-electron chi connectivity index (χ4n) is 3.73. The van der Waals surface area contributed by atoms with E-state index in [1.165, 1.54) is 6.08 Å². The van der Waals surface area contributed by atoms with Crippen molar-refractivity contribution < 1.29 is 9.59 Å². The van der Waals surface area contributed by atoms with Crippen LogP contribution >= 0.6 is 23.2 Å². The Balaban J connectivity index is 1.29. The molecule has 3 rings (SSSR count). The summed E-state index contributed by atoms with van der Waals surface area (Å²) in [6.45, 7) is 2.28. The topological polar surface area (TPSA) is 62.3 Å². The zero-order valence-corrected chi connectivity index (χ0v) is 18.9. The lowest BCUT2D eigenvalue weighted by Gasteiger charge is -2.32. The van der Waals surface area contributed by atoms with Crippen LogP contribution in [-0.4, -0.2) is 41.3 Å². The highest BCUT2D eigenvalue weighted by Gasteiger charge is 2.23. The minimum absolute atomic E-state index is 0.130. The number of likely N-dealkylation sites (tertiary alicyclic amines) is 1. The first-order valence-electron chi connectivity index (χ1n) is 10.6. The maximum absolute atomic E-state index is 12.5. The van der Waals surface area contributed by atoms with Gasteiger partial charge in [-0.25, -0.2) is 4.98 Å². The number of aromatic nitrogens is 1. The van der Waals surface area contributed by atoms with Gasteiger partial charge in [0.25, 0.3) is 5.91 Å². The molecule has 2 aromatic rings. The minimum Gasteiger partial charge on any atom is -0.353 e. The van der Waals surface area contributed by atoms with Crippen LogP contribution in [0.4, 0.5) is 0 Å². The van der Waals surface area contributed by atoms with Gasteiger partial charge < -0.3 is 10.2 Å². The van der Waals surface area contributed by atoms with E-state index in [0.29, 0.717) is 23.2 Å². The number of nitrogens with zero attached hydrogens (tertiary/aromatic N) is 2. The molecular formula is C24H27Cl2N3O2. The number of benzene rings is 1. The van der Waals surface area contributed by atoms with Gasteiger partial charge in [0.05, 0.1) is 0 Å². The van der Waals surface area contributed by atoms with Crippen LogP contribution in [0, 0.1) is 5.92 Å². The Morgan fingerprint density at radius 3 is 2.52 bits per heavy atom. The Morgan fingerprint density at radius 1 is 1.06 bits per heavy atom. The predicted molar refractivity (Wildman–Crippen MR) is 125 cm³/mol. The number of rotatable bonds is 8. The van der Waals surface area contributed by atoms with Gasteiger partial charge in [-0.3, -0.25) is 9.59 Å². The van der Waals surface area contributed by atoms with Gasteiger partial charge in [-0.15, -0.1) is 0 Å². The van der Waals surface area contributed by atoms with Gasteiger partial charge in [0.2, 0.25) is 5.91 Å². The Labute approximate surface area is 193 Å². The highest BCUT2D eigenvalue weighted by atomic mass is 35.5. The molecule has 0 saturated carbocycles. The number of amides is 2. The molecule has 0 bridgehead atoms. The molecule has 0 atom stereocenters. The minimum atomic E-state index is -0.154. The van der Waals surface area contributed by atoms with Crippen molar-refractivity contribution in [3.05, 3.63) is 70.0 Å². The van der Waals surface area contributed by atoms with Gasteiger partial charge in [-0.1, -0.05) is 54.2 Å². The third-order valence-electron chi connectivity index (χ3n) is 5.52. The number of pyridine rings is 1. The Kier molecular flexibility index (Phi) is 8.92. The number of halogens is 2. The fraction of sp³-hybridized carbons (Fsp3) is 0.375. The summed E-state index contributed by atoms with van der Waals surface area (Å²) < 4.78 is 0. The van der Waals surface area contributed by atoms with Crippen LogP contribution in [-0.2, 0) is 4.79 Å². The second-order valence-corrected chi connectivity index (χ2v) is 8.48. The molecule has 1 saturated heterocycles. The summed E-state index contributed by atoms with van der Waals surface area (Å²) in [4.78, 5) is 30.4. The van der Waals surface area contributed by atoms with Crippen molar-refractivity contribution in [2.75, 3.05) is 19.6 Å². The number of hydrogen-bond acceptors (Lipinski definition) is 3. The average Bonchev–Trinajstić information content (AvgIpc) is 2.79. The molecule has 7 heteroatoms. The lowest BCUT2D eigenvalue weighted by atomic mass is 9.91. The van der Waals surface area contributed by atoms with E-state index in [2.05, 4.69) is 10.3 Å². The zero-order chi connectivity index (χ0) is 22.1. The SMILES string of the molecule is O=C(/C=C/c1ccc(Cl)nc1Cl)NCCCCC1CCN(C(=O)c2ccccc2)CC1. The Hall–Kier alpha value is -2.37. The molecule has 1 fully saturated rings. The number of hydrogen-bond donors (Lipinski definition) is 1. The monoisotopic (exact) mass is 459 g/mol. The van der Waals surface area contributed by atoms with Crippen LogP contribution in [0.3, 0.4) is 0 Å². The van der Waals surface area contributed by atoms with E-state index < -0.39 is 0 Å². The molecule has 0 aliphatic carbocycles. The van der Waals surface area contributed by atoms with E-state index in [0.717, 1.165) is 50.8 Å². The standard InChI is InChI=1S/C24H27Cl2N3O2/c25-21-11-9-19(23(26)28-21)10-12-22(30)27-15-5-4-6-18-13-16-29(17-14-18)24(31)20-7-2-1-3-8-20/h1-3,7-12,18H,4-6,13-17H2,(H,27,30)/b12-10+. The molecule has 5 nitrogen and oxygen atoms in total. The summed E-state index contributed by atoms with van der Waals surface area (Å²) >= 11 is 11.8. The number of piperidine rings is 1. The molecule has 1 aromatic heterocycles. The van der Waals surface area contributed by atoms with Gasteiger partial charge in [-0.2, -0.15) is 0 Å². The molecule has 1 aliphatic rings. The van der Waals surface area contributed by atoms with Crippen LogP contribution in [0.25, 0.3) is 6.08 Å². The van der Waals surface area contributed by atoms with E-state index in [1.54, 1.807) is 18.2 Å². The molecule has 1 N–H and O–H groups in total. The van der Waals surface area contributed by atoms with Gasteiger partial charge in [0.1, 0.15) is 10.3 Å². The smallest absolute Gasteiger partial charge is 0.253 e. The summed E-state index contributed by atoms with van der Waals surface area (Å²) in [6.07, 6.45) is 8.31. The van der Waals surface area contributed by atoms with Crippen LogP contribution in [0.5, 0.6) is 0 Å². The summed E-state index contributed by atoms with van der Waals surface area (Å²) in [5, 5.41) is 3.48. The highest BCUT2D eigenvalue weighted by Crippen LogP contribution is 2.23. The molecule has 0 spiro atoms. The van der Waals surface area contributed by atoms with Gasteiger partial charge >= 0.3 is 0 Å². The number of carbonyl (C=O) groups excluding carboxylic acids is 2. The third-order valence-corrected chi connectivity index (χ3v) is 6.03. The molecule has 31 heavy (non-hydrogen) atoms. The number of unbranched alkanes of at least 4 members (excludes halogenated alkanes) is 1. The lowest BCUT2D eigenvalue weighted by molar-refractivity contribution is -0.116. The normalized spacial score (nSPS) is 14.7. The van der Waals surface area contributed by atoms with E-state index in [1.807, 2.05) is 35.2 Å². The van der Waals surface area contributed by atoms with Crippen molar-refractivity contribution in [3.8, 4) is 0 Å². The molecule has 0 unspecified atom stereocenters. The third kappa shape index (κ3) is 7.37. The Morgan fingerprint density at radius 2 is 1.81 bits per heavy atom. The Bertz CT molecular complexity index is 910. The van der Waals surface area contributed by atoms with Gasteiger partial charge in [0, 0.05) is 36.8 Å². The fourth-order valence-corrected chi connectivity index (χ4v) is 4.14. The largest absolute Gasteiger partial charge is 0.353 e. The summed E-state index contributed by atoms with van der Waals surface area (Å²) in [7, 11) is 0. The highest BCUT2D eigenvalue weighted by molar-refractivity contribution is 6.33. The molecule has 1 aromatic carbocycles. The first kappa shape index (κ1) is 23.3. The van der Waals surface area contributed by atoms with Crippen LogP contribution in [0.1, 0.15) is 48.0 Å². The molecule has 2 amide bonds. The molecule has 2 heterocycles. The van der Waals surface area contributed by atoms with E-state index >= 15 is 0 Å². The van der Waals surface area contributed by atoms with Crippen molar-refractivity contribution in [1.82, 2.24) is 15.2 Å². The molecular weight excluding hydrogens is 433 g/mol. The van der Waals surface area contributed by atoms with E-state index in [4.69, 9.17) is 23.2 Å². The summed E-state index contributed by atoms with van der Waals surface area (Å²) in [5.74, 6) is 0.624. The van der Waals surface area contributed by atoms with Crippen molar-refractivity contribution >= 4 is 41.1 Å². The second-order valence-electron chi connectivity index (χ2n) is 7.74. The maximum Gasteiger partial charge on any atom is 0.253 e. The lowest BCUT2D eigenvalue weighted by Crippen LogP contribution is -2.38. The molecule has 1 aliphatic heterocycles. The zero-order valence-electron chi connectivity index (χ0n) is 17.4. The first-order chi connectivity index (χ1) is 15.0. The first-order valence-corrected chi connectivity index (χ1v) is 11.4. The summed E-state index contributed by atoms with van der Waals surface area (Å²) in [5.41, 5.74) is 1.42. The van der Waals surface area contributed by atoms with Crippen molar-refractivity contribution in [2.45, 2.75) is 32.1 Å². The average molecular weight is 460 g/mol. The van der Waals surface area contributed by atoms with Crippen molar-refractivity contribution in [1.29, 1.82) is 0 Å². The number of carbonyl (C=O) groups is 2. The van der Waals surface area contributed by atoms with Gasteiger partial charge in [0.15, 0.2) is 0 Å². The van der Waals surface area contributed by atoms with Gasteiger partial charge in [-0.05, 0) is 55.5 Å².